The minimum atomic E-state index is -0.129. The van der Waals surface area contributed by atoms with Crippen LogP contribution in [0, 0.1) is 5.92 Å². The predicted octanol–water partition coefficient (Wildman–Crippen LogP) is 1.69. The van der Waals surface area contributed by atoms with Crippen molar-refractivity contribution in [1.29, 1.82) is 0 Å². The van der Waals surface area contributed by atoms with E-state index in [4.69, 9.17) is 4.74 Å². The average molecular weight is 227 g/mol. The van der Waals surface area contributed by atoms with E-state index in [0.717, 1.165) is 32.4 Å². The molecule has 0 bridgehead atoms. The van der Waals surface area contributed by atoms with Gasteiger partial charge in [-0.05, 0) is 31.6 Å². The van der Waals surface area contributed by atoms with E-state index in [9.17, 15) is 5.11 Å². The molecule has 1 saturated carbocycles. The van der Waals surface area contributed by atoms with Crippen molar-refractivity contribution in [3.05, 3.63) is 0 Å². The zero-order valence-electron chi connectivity index (χ0n) is 10.3. The van der Waals surface area contributed by atoms with Crippen LogP contribution in [0.2, 0.25) is 0 Å². The zero-order chi connectivity index (χ0) is 11.4. The van der Waals surface area contributed by atoms with Gasteiger partial charge in [0.25, 0.3) is 0 Å². The molecule has 3 nitrogen and oxygen atoms in total. The summed E-state index contributed by atoms with van der Waals surface area (Å²) >= 11 is 0. The van der Waals surface area contributed by atoms with E-state index in [1.807, 2.05) is 0 Å². The van der Waals surface area contributed by atoms with E-state index in [1.165, 1.54) is 19.3 Å². The fourth-order valence-corrected chi connectivity index (χ4v) is 3.03. The maximum atomic E-state index is 9.87. The van der Waals surface area contributed by atoms with Crippen molar-refractivity contribution in [2.75, 3.05) is 13.2 Å². The molecule has 2 unspecified atom stereocenters. The molecule has 0 aromatic carbocycles. The maximum absolute atomic E-state index is 9.87. The lowest BCUT2D eigenvalue weighted by molar-refractivity contribution is 0.0720. The van der Waals surface area contributed by atoms with Gasteiger partial charge < -0.3 is 15.2 Å². The highest BCUT2D eigenvalue weighted by molar-refractivity contribution is 4.84. The number of aliphatic hydroxyl groups is 1. The van der Waals surface area contributed by atoms with Gasteiger partial charge in [-0.25, -0.2) is 0 Å². The number of aliphatic hydroxyl groups excluding tert-OH is 1. The first-order valence-corrected chi connectivity index (χ1v) is 6.84. The van der Waals surface area contributed by atoms with Crippen molar-refractivity contribution in [2.24, 2.45) is 5.92 Å². The fraction of sp³-hybridized carbons (Fsp3) is 1.00. The highest BCUT2D eigenvalue weighted by Gasteiger charge is 2.29. The Balaban J connectivity index is 1.73. The quantitative estimate of drug-likeness (QED) is 0.768. The first-order valence-electron chi connectivity index (χ1n) is 6.84. The molecule has 0 aromatic rings. The SMILES string of the molecule is CCC1OCCC1CN[C@@H]1CCCC[C@H]1O. The third kappa shape index (κ3) is 2.96. The van der Waals surface area contributed by atoms with Gasteiger partial charge in [-0.3, -0.25) is 0 Å². The molecule has 1 heterocycles. The van der Waals surface area contributed by atoms with Crippen LogP contribution in [0.4, 0.5) is 0 Å². The molecule has 1 aliphatic carbocycles. The van der Waals surface area contributed by atoms with Gasteiger partial charge in [0, 0.05) is 19.2 Å². The Morgan fingerprint density at radius 3 is 2.81 bits per heavy atom. The second-order valence-corrected chi connectivity index (χ2v) is 5.23. The smallest absolute Gasteiger partial charge is 0.0693 e. The molecular formula is C13H25NO2. The summed E-state index contributed by atoms with van der Waals surface area (Å²) in [5.74, 6) is 0.652. The normalized spacial score (nSPS) is 40.1. The van der Waals surface area contributed by atoms with Crippen molar-refractivity contribution in [3.63, 3.8) is 0 Å². The monoisotopic (exact) mass is 227 g/mol. The molecule has 1 aliphatic heterocycles. The molecule has 16 heavy (non-hydrogen) atoms. The summed E-state index contributed by atoms with van der Waals surface area (Å²) < 4.78 is 5.68. The highest BCUT2D eigenvalue weighted by Crippen LogP contribution is 2.24. The zero-order valence-corrected chi connectivity index (χ0v) is 10.3. The molecule has 2 fully saturated rings. The van der Waals surface area contributed by atoms with Crippen LogP contribution in [0.5, 0.6) is 0 Å². The van der Waals surface area contributed by atoms with E-state index in [2.05, 4.69) is 12.2 Å². The van der Waals surface area contributed by atoms with E-state index < -0.39 is 0 Å². The Hall–Kier alpha value is -0.120. The Labute approximate surface area is 98.6 Å². The summed E-state index contributed by atoms with van der Waals surface area (Å²) in [6.45, 7) is 4.12. The molecule has 0 spiro atoms. The van der Waals surface area contributed by atoms with Crippen molar-refractivity contribution in [2.45, 2.75) is 63.7 Å². The van der Waals surface area contributed by atoms with Crippen LogP contribution in [0.1, 0.15) is 45.4 Å². The second-order valence-electron chi connectivity index (χ2n) is 5.23. The van der Waals surface area contributed by atoms with Gasteiger partial charge >= 0.3 is 0 Å². The van der Waals surface area contributed by atoms with Gasteiger partial charge in [0.05, 0.1) is 12.2 Å². The van der Waals surface area contributed by atoms with Crippen LogP contribution < -0.4 is 5.32 Å². The predicted molar refractivity (Wildman–Crippen MR) is 64.4 cm³/mol. The molecule has 2 aliphatic rings. The van der Waals surface area contributed by atoms with Crippen molar-refractivity contribution < 1.29 is 9.84 Å². The molecule has 94 valence electrons. The standard InChI is InChI=1S/C13H25NO2/c1-2-13-10(7-8-16-13)9-14-11-5-3-4-6-12(11)15/h10-15H,2-9H2,1H3/t10?,11-,12-,13?/m1/s1. The van der Waals surface area contributed by atoms with E-state index in [-0.39, 0.29) is 6.10 Å². The number of hydrogen-bond acceptors (Lipinski definition) is 3. The molecule has 3 heteroatoms. The maximum Gasteiger partial charge on any atom is 0.0693 e. The van der Waals surface area contributed by atoms with Crippen LogP contribution in [0.25, 0.3) is 0 Å². The van der Waals surface area contributed by atoms with Gasteiger partial charge in [-0.15, -0.1) is 0 Å². The summed E-state index contributed by atoms with van der Waals surface area (Å²) in [6.07, 6.45) is 7.14. The molecule has 4 atom stereocenters. The lowest BCUT2D eigenvalue weighted by Gasteiger charge is -2.30. The summed E-state index contributed by atoms with van der Waals surface area (Å²) in [5, 5.41) is 13.4. The van der Waals surface area contributed by atoms with Crippen LogP contribution in [-0.2, 0) is 4.74 Å². The third-order valence-corrected chi connectivity index (χ3v) is 4.12. The van der Waals surface area contributed by atoms with E-state index in [0.29, 0.717) is 18.1 Å². The number of hydrogen-bond donors (Lipinski definition) is 2. The van der Waals surface area contributed by atoms with Crippen LogP contribution in [-0.4, -0.2) is 36.5 Å². The molecule has 0 amide bonds. The number of rotatable bonds is 4. The van der Waals surface area contributed by atoms with Crippen LogP contribution in [0.3, 0.4) is 0 Å². The second kappa shape index (κ2) is 5.99. The summed E-state index contributed by atoms with van der Waals surface area (Å²) in [4.78, 5) is 0. The van der Waals surface area contributed by atoms with Gasteiger partial charge in [-0.1, -0.05) is 19.8 Å². The summed E-state index contributed by atoms with van der Waals surface area (Å²) in [6, 6.07) is 0.326. The Kier molecular flexibility index (Phi) is 4.62. The Bertz CT molecular complexity index is 208. The largest absolute Gasteiger partial charge is 0.392 e. The average Bonchev–Trinajstić information content (AvgIpc) is 2.75. The van der Waals surface area contributed by atoms with E-state index in [1.54, 1.807) is 0 Å². The van der Waals surface area contributed by atoms with Gasteiger partial charge in [0.15, 0.2) is 0 Å². The third-order valence-electron chi connectivity index (χ3n) is 4.12. The van der Waals surface area contributed by atoms with E-state index >= 15 is 0 Å². The molecule has 2 rings (SSSR count). The molecule has 0 radical (unpaired) electrons. The molecule has 1 saturated heterocycles. The summed E-state index contributed by atoms with van der Waals surface area (Å²) in [5.41, 5.74) is 0. The lowest BCUT2D eigenvalue weighted by atomic mass is 9.91. The van der Waals surface area contributed by atoms with Gasteiger partial charge in [0.2, 0.25) is 0 Å². The minimum absolute atomic E-state index is 0.129. The van der Waals surface area contributed by atoms with Crippen LogP contribution >= 0.6 is 0 Å². The lowest BCUT2D eigenvalue weighted by Crippen LogP contribution is -2.44. The molecule has 0 aromatic heterocycles. The van der Waals surface area contributed by atoms with Crippen molar-refractivity contribution >= 4 is 0 Å². The van der Waals surface area contributed by atoms with Crippen LogP contribution in [0.15, 0.2) is 0 Å². The number of nitrogens with one attached hydrogen (secondary N) is 1. The highest BCUT2D eigenvalue weighted by atomic mass is 16.5. The van der Waals surface area contributed by atoms with Gasteiger partial charge in [-0.2, -0.15) is 0 Å². The molecular weight excluding hydrogens is 202 g/mol. The fourth-order valence-electron chi connectivity index (χ4n) is 3.03. The number of ether oxygens (including phenoxy) is 1. The minimum Gasteiger partial charge on any atom is -0.392 e. The summed E-state index contributed by atoms with van der Waals surface area (Å²) in [7, 11) is 0. The Morgan fingerprint density at radius 2 is 2.06 bits per heavy atom. The van der Waals surface area contributed by atoms with Crippen molar-refractivity contribution in [1.82, 2.24) is 5.32 Å². The first-order chi connectivity index (χ1) is 7.81. The first kappa shape index (κ1) is 12.3. The molecule has 2 N–H and O–H groups in total. The van der Waals surface area contributed by atoms with Gasteiger partial charge in [0.1, 0.15) is 0 Å². The van der Waals surface area contributed by atoms with Crippen molar-refractivity contribution in [3.8, 4) is 0 Å². The Morgan fingerprint density at radius 1 is 1.25 bits per heavy atom. The topological polar surface area (TPSA) is 41.5 Å².